The Morgan fingerprint density at radius 3 is 2.55 bits per heavy atom. The first-order valence-electron chi connectivity index (χ1n) is 7.32. The van der Waals surface area contributed by atoms with Gasteiger partial charge in [0.15, 0.2) is 5.78 Å². The molecule has 116 valence electrons. The van der Waals surface area contributed by atoms with Crippen LogP contribution in [0.5, 0.6) is 0 Å². The zero-order valence-electron chi connectivity index (χ0n) is 13.1. The molecule has 0 aliphatic carbocycles. The molecule has 0 amide bonds. The molecule has 0 radical (unpaired) electrons. The fraction of sp³-hybridized carbons (Fsp3) is 0.333. The van der Waals surface area contributed by atoms with Gasteiger partial charge in [0.25, 0.3) is 0 Å². The van der Waals surface area contributed by atoms with Gasteiger partial charge in [-0.15, -0.1) is 0 Å². The molecule has 1 aromatic rings. The topological polar surface area (TPSA) is 52.6 Å². The summed E-state index contributed by atoms with van der Waals surface area (Å²) in [6, 6.07) is 9.83. The van der Waals surface area contributed by atoms with Crippen LogP contribution in [-0.2, 0) is 19.1 Å². The molecule has 22 heavy (non-hydrogen) atoms. The molecular formula is C18H20O4. The molecule has 1 aromatic carbocycles. The Morgan fingerprint density at radius 1 is 1.27 bits per heavy atom. The van der Waals surface area contributed by atoms with Crippen LogP contribution in [0.15, 0.2) is 53.5 Å². The van der Waals surface area contributed by atoms with Gasteiger partial charge in [-0.3, -0.25) is 4.79 Å². The van der Waals surface area contributed by atoms with Crippen LogP contribution >= 0.6 is 0 Å². The normalized spacial score (nSPS) is 19.8. The highest BCUT2D eigenvalue weighted by Crippen LogP contribution is 2.34. The van der Waals surface area contributed by atoms with E-state index in [1.54, 1.807) is 19.9 Å². The number of rotatable bonds is 4. The van der Waals surface area contributed by atoms with Crippen molar-refractivity contribution in [2.24, 2.45) is 0 Å². The number of methoxy groups -OCH3 is 1. The molecule has 0 spiro atoms. The second-order valence-corrected chi connectivity index (χ2v) is 5.17. The van der Waals surface area contributed by atoms with Gasteiger partial charge in [0.2, 0.25) is 5.76 Å². The van der Waals surface area contributed by atoms with Gasteiger partial charge in [-0.2, -0.15) is 0 Å². The van der Waals surface area contributed by atoms with Crippen molar-refractivity contribution >= 4 is 11.8 Å². The lowest BCUT2D eigenvalue weighted by atomic mass is 9.90. The first-order chi connectivity index (χ1) is 10.6. The van der Waals surface area contributed by atoms with Crippen LogP contribution in [0.4, 0.5) is 0 Å². The molecule has 0 saturated carbocycles. The number of benzene rings is 1. The number of ketones is 1. The summed E-state index contributed by atoms with van der Waals surface area (Å²) < 4.78 is 10.4. The molecule has 0 saturated heterocycles. The average Bonchev–Trinajstić information content (AvgIpc) is 2.59. The van der Waals surface area contributed by atoms with Crippen molar-refractivity contribution < 1.29 is 19.1 Å². The minimum Gasteiger partial charge on any atom is -0.463 e. The largest absolute Gasteiger partial charge is 0.463 e. The predicted molar refractivity (Wildman–Crippen MR) is 83.0 cm³/mol. The Morgan fingerprint density at radius 2 is 1.95 bits per heavy atom. The monoisotopic (exact) mass is 300 g/mol. The van der Waals surface area contributed by atoms with Crippen LogP contribution < -0.4 is 0 Å². The third kappa shape index (κ3) is 3.45. The molecule has 0 unspecified atom stereocenters. The van der Waals surface area contributed by atoms with Crippen molar-refractivity contribution in [3.63, 3.8) is 0 Å². The number of Topliss-reactive ketones (excluding diaryl/α,β-unsaturated/α-hetero) is 1. The highest BCUT2D eigenvalue weighted by Gasteiger charge is 2.27. The Bertz CT molecular complexity index is 626. The first kappa shape index (κ1) is 16.0. The van der Waals surface area contributed by atoms with E-state index in [0.29, 0.717) is 24.2 Å². The molecule has 0 bridgehead atoms. The van der Waals surface area contributed by atoms with Gasteiger partial charge >= 0.3 is 5.97 Å². The number of allylic oxidation sites excluding steroid dienone is 3. The van der Waals surface area contributed by atoms with Crippen LogP contribution in [0, 0.1) is 0 Å². The van der Waals surface area contributed by atoms with E-state index in [-0.39, 0.29) is 17.5 Å². The maximum Gasteiger partial charge on any atom is 0.373 e. The molecule has 0 N–H and O–H groups in total. The Hall–Kier alpha value is -2.36. The zero-order chi connectivity index (χ0) is 16.1. The summed E-state index contributed by atoms with van der Waals surface area (Å²) in [7, 11) is 1.31. The van der Waals surface area contributed by atoms with Gasteiger partial charge in [-0.05, 0) is 18.6 Å². The number of hydrogen-bond acceptors (Lipinski definition) is 4. The zero-order valence-corrected chi connectivity index (χ0v) is 13.1. The van der Waals surface area contributed by atoms with Crippen molar-refractivity contribution in [2.75, 3.05) is 7.11 Å². The molecule has 1 heterocycles. The highest BCUT2D eigenvalue weighted by atomic mass is 16.6. The van der Waals surface area contributed by atoms with Crippen molar-refractivity contribution in [2.45, 2.75) is 32.6 Å². The van der Waals surface area contributed by atoms with Gasteiger partial charge in [0, 0.05) is 24.3 Å². The number of ether oxygens (including phenoxy) is 2. The summed E-state index contributed by atoms with van der Waals surface area (Å²) in [5, 5.41) is 0. The maximum absolute atomic E-state index is 11.9. The lowest BCUT2D eigenvalue weighted by Gasteiger charge is -2.24. The third-order valence-electron chi connectivity index (χ3n) is 3.76. The van der Waals surface area contributed by atoms with E-state index in [0.717, 1.165) is 5.56 Å². The molecular weight excluding hydrogens is 280 g/mol. The number of esters is 1. The van der Waals surface area contributed by atoms with E-state index in [2.05, 4.69) is 0 Å². The van der Waals surface area contributed by atoms with Gasteiger partial charge in [-0.25, -0.2) is 4.79 Å². The average molecular weight is 300 g/mol. The molecule has 1 atom stereocenters. The van der Waals surface area contributed by atoms with Crippen LogP contribution in [0.25, 0.3) is 0 Å². The van der Waals surface area contributed by atoms with Crippen LogP contribution in [-0.4, -0.2) is 18.9 Å². The van der Waals surface area contributed by atoms with Gasteiger partial charge in [-0.1, -0.05) is 37.3 Å². The fourth-order valence-electron chi connectivity index (χ4n) is 2.42. The predicted octanol–water partition coefficient (Wildman–Crippen LogP) is 3.50. The van der Waals surface area contributed by atoms with Gasteiger partial charge in [0.05, 0.1) is 7.11 Å². The molecule has 0 aromatic heterocycles. The summed E-state index contributed by atoms with van der Waals surface area (Å²) in [5.41, 5.74) is 1.64. The third-order valence-corrected chi connectivity index (χ3v) is 3.76. The number of carbonyl (C=O) groups excluding carboxylic acids is 2. The molecule has 2 rings (SSSR count). The SMILES string of the molecule is CCC(=O)/C(C)=C1\C[C@@H](c2ccccc2)C=C(C(=O)OC)O1. The Labute approximate surface area is 130 Å². The second kappa shape index (κ2) is 7.07. The molecule has 4 heteroatoms. The standard InChI is InChI=1S/C18H20O4/c1-4-15(19)12(2)16-10-14(13-8-6-5-7-9-13)11-17(22-16)18(20)21-3/h5-9,11,14H,4,10H2,1-3H3/b16-12+/t14-/m1/s1. The summed E-state index contributed by atoms with van der Waals surface area (Å²) in [6.07, 6.45) is 2.72. The fourth-order valence-corrected chi connectivity index (χ4v) is 2.42. The Balaban J connectivity index is 2.42. The van der Waals surface area contributed by atoms with E-state index in [1.807, 2.05) is 30.3 Å². The highest BCUT2D eigenvalue weighted by molar-refractivity contribution is 5.95. The lowest BCUT2D eigenvalue weighted by Crippen LogP contribution is -2.18. The van der Waals surface area contributed by atoms with Crippen LogP contribution in [0.1, 0.15) is 38.2 Å². The summed E-state index contributed by atoms with van der Waals surface area (Å²) in [5.74, 6) is 0.158. The van der Waals surface area contributed by atoms with E-state index < -0.39 is 5.97 Å². The van der Waals surface area contributed by atoms with Crippen molar-refractivity contribution in [3.8, 4) is 0 Å². The van der Waals surface area contributed by atoms with Gasteiger partial charge in [0.1, 0.15) is 5.76 Å². The van der Waals surface area contributed by atoms with Crippen molar-refractivity contribution in [1.29, 1.82) is 0 Å². The smallest absolute Gasteiger partial charge is 0.373 e. The van der Waals surface area contributed by atoms with Crippen molar-refractivity contribution in [3.05, 3.63) is 59.1 Å². The minimum atomic E-state index is -0.533. The van der Waals surface area contributed by atoms with E-state index in [4.69, 9.17) is 9.47 Å². The summed E-state index contributed by atoms with van der Waals surface area (Å²) >= 11 is 0. The van der Waals surface area contributed by atoms with Gasteiger partial charge < -0.3 is 9.47 Å². The first-order valence-corrected chi connectivity index (χ1v) is 7.32. The maximum atomic E-state index is 11.9. The molecule has 0 fully saturated rings. The van der Waals surface area contributed by atoms with Crippen LogP contribution in [0.3, 0.4) is 0 Å². The van der Waals surface area contributed by atoms with Crippen LogP contribution in [0.2, 0.25) is 0 Å². The molecule has 1 aliphatic heterocycles. The quantitative estimate of drug-likeness (QED) is 0.631. The number of carbonyl (C=O) groups is 2. The summed E-state index contributed by atoms with van der Waals surface area (Å²) in [6.45, 7) is 3.55. The lowest BCUT2D eigenvalue weighted by molar-refractivity contribution is -0.139. The second-order valence-electron chi connectivity index (χ2n) is 5.17. The van der Waals surface area contributed by atoms with Crippen molar-refractivity contribution in [1.82, 2.24) is 0 Å². The van der Waals surface area contributed by atoms with E-state index in [9.17, 15) is 9.59 Å². The number of hydrogen-bond donors (Lipinski definition) is 0. The Kier molecular flexibility index (Phi) is 5.15. The molecule has 1 aliphatic rings. The molecule has 4 nitrogen and oxygen atoms in total. The van der Waals surface area contributed by atoms with E-state index in [1.165, 1.54) is 7.11 Å². The van der Waals surface area contributed by atoms with E-state index >= 15 is 0 Å². The summed E-state index contributed by atoms with van der Waals surface area (Å²) in [4.78, 5) is 23.8. The minimum absolute atomic E-state index is 0.0151.